The number of thioether (sulfide) groups is 1. The Hall–Kier alpha value is -0.430. The fourth-order valence-electron chi connectivity index (χ4n) is 7.44. The van der Waals surface area contributed by atoms with Crippen LogP contribution in [-0.2, 0) is 43.8 Å². The van der Waals surface area contributed by atoms with Crippen molar-refractivity contribution < 1.29 is 218 Å². The molecule has 0 radical (unpaired) electrons. The molecule has 7 aliphatic rings. The maximum absolute atomic E-state index is 9.47. The Morgan fingerprint density at radius 1 is 0.271 bits per heavy atom. The summed E-state index contributed by atoms with van der Waals surface area (Å²) in [4.78, 5) is 0. The zero-order valence-corrected chi connectivity index (χ0v) is 50.4. The molecule has 35 atom stereocenters. The van der Waals surface area contributed by atoms with Crippen LogP contribution in [0.3, 0.4) is 0 Å². The van der Waals surface area contributed by atoms with Crippen molar-refractivity contribution >= 4 is 22.4 Å². The van der Waals surface area contributed by atoms with Crippen molar-refractivity contribution in [3.8, 4) is 0 Å². The van der Waals surface area contributed by atoms with E-state index in [4.69, 9.17) is 150 Å². The summed E-state index contributed by atoms with van der Waals surface area (Å²) in [5.41, 5.74) is 0. The molecule has 0 saturated carbocycles. The van der Waals surface area contributed by atoms with Crippen molar-refractivity contribution in [1.82, 2.24) is 0 Å². The smallest absolute Gasteiger partial charge is 0.388 e. The molecule has 0 aliphatic carbocycles. The van der Waals surface area contributed by atoms with Crippen LogP contribution in [0.25, 0.3) is 0 Å². The van der Waals surface area contributed by atoms with Gasteiger partial charge >= 0.3 is 40.2 Å². The Labute approximate surface area is 513 Å². The van der Waals surface area contributed by atoms with Gasteiger partial charge in [0.2, 0.25) is 0 Å². The van der Waals surface area contributed by atoms with E-state index >= 15 is 0 Å². The third-order valence-corrected chi connectivity index (χ3v) is 13.9. The second-order valence-electron chi connectivity index (χ2n) is 19.5. The van der Waals surface area contributed by atoms with E-state index in [1.165, 1.54) is 53.3 Å². The van der Waals surface area contributed by atoms with E-state index in [2.05, 4.69) is 35.3 Å². The fourth-order valence-corrected chi connectivity index (χ4v) is 8.12. The molecule has 7 saturated heterocycles. The molecular formula is C44H87NaO38S2. The van der Waals surface area contributed by atoms with E-state index in [1.807, 2.05) is 0 Å². The average Bonchev–Trinajstić information content (AvgIpc) is 3.66. The van der Waals surface area contributed by atoms with Crippen LogP contribution in [0.2, 0.25) is 0 Å². The van der Waals surface area contributed by atoms with Gasteiger partial charge < -0.3 is 183 Å². The molecule has 38 nitrogen and oxygen atoms in total. The zero-order valence-electron chi connectivity index (χ0n) is 46.7. The van der Waals surface area contributed by atoms with Gasteiger partial charge in [0, 0.05) is 5.75 Å². The molecule has 0 aromatic rings. The van der Waals surface area contributed by atoms with Gasteiger partial charge in [-0.05, 0) is 41.5 Å². The molecule has 0 amide bonds. The molecule has 0 spiro atoms. The van der Waals surface area contributed by atoms with E-state index in [0.717, 1.165) is 0 Å². The molecule has 28 N–H and O–H groups in total. The third kappa shape index (κ3) is 27.0. The van der Waals surface area contributed by atoms with Crippen molar-refractivity contribution in [1.29, 1.82) is 0 Å². The first-order valence-electron chi connectivity index (χ1n) is 25.3. The standard InChI is InChI=1S/C8H15O5S.6C6H12O5.Na.O3S/c1-2-14-3-4-5(9)6(10)7(11)8(12)13-4;6*1-2-3(7)4(8)5(9)6(10)11-2;;1-4(2)3/h4-12H,1-3H2;6*2-10H,1H3;;/q-1;;;;;;;+1;. The summed E-state index contributed by atoms with van der Waals surface area (Å²) in [6.07, 6.45) is -42.0. The normalized spacial score (nSPS) is 48.4. The van der Waals surface area contributed by atoms with Crippen LogP contribution in [0.1, 0.15) is 41.5 Å². The Morgan fingerprint density at radius 2 is 0.412 bits per heavy atom. The Balaban J connectivity index is 0. The largest absolute Gasteiger partial charge is 1.00 e. The maximum atomic E-state index is 9.47. The molecule has 0 bridgehead atoms. The van der Waals surface area contributed by atoms with E-state index < -0.39 is 226 Å². The summed E-state index contributed by atoms with van der Waals surface area (Å²) in [6.45, 7) is 12.6. The minimum atomic E-state index is -3.11. The van der Waals surface area contributed by atoms with Gasteiger partial charge in [-0.3, -0.25) is 0 Å². The first-order chi connectivity index (χ1) is 38.5. The van der Waals surface area contributed by atoms with Crippen LogP contribution < -0.4 is 29.6 Å². The predicted octanol–water partition coefficient (Wildman–Crippen LogP) is -18.8. The molecule has 7 rings (SSSR count). The molecule has 0 aromatic carbocycles. The predicted molar refractivity (Wildman–Crippen MR) is 269 cm³/mol. The molecule has 7 heterocycles. The van der Waals surface area contributed by atoms with Crippen molar-refractivity contribution in [3.05, 3.63) is 6.92 Å². The molecule has 7 aliphatic heterocycles. The Bertz CT molecular complexity index is 1550. The molecule has 35 unspecified atom stereocenters. The summed E-state index contributed by atoms with van der Waals surface area (Å²) < 4.78 is 58.3. The number of aliphatic hydroxyl groups is 28. The second kappa shape index (κ2) is 41.2. The van der Waals surface area contributed by atoms with Crippen molar-refractivity contribution in [2.24, 2.45) is 0 Å². The second-order valence-corrected chi connectivity index (χ2v) is 21.1. The van der Waals surface area contributed by atoms with E-state index in [0.29, 0.717) is 11.5 Å². The summed E-state index contributed by atoms with van der Waals surface area (Å²) in [5.74, 6) is 1.03. The van der Waals surface area contributed by atoms with Gasteiger partial charge in [0.05, 0.1) is 42.7 Å². The fraction of sp³-hybridized carbons (Fsp3) is 0.977. The molecule has 41 heteroatoms. The van der Waals surface area contributed by atoms with Crippen molar-refractivity contribution in [2.45, 2.75) is 256 Å². The van der Waals surface area contributed by atoms with Gasteiger partial charge in [-0.1, -0.05) is 0 Å². The monoisotopic (exact) mass is 1310 g/mol. The van der Waals surface area contributed by atoms with Gasteiger partial charge in [0.1, 0.15) is 128 Å². The summed E-state index contributed by atoms with van der Waals surface area (Å²) in [7, 11) is -3.11. The van der Waals surface area contributed by atoms with Gasteiger partial charge in [0.15, 0.2) is 44.0 Å². The van der Waals surface area contributed by atoms with Crippen LogP contribution in [0.5, 0.6) is 0 Å². The topological polar surface area (TPSA) is 682 Å². The number of hydrogen-bond donors (Lipinski definition) is 28. The Morgan fingerprint density at radius 3 is 0.565 bits per heavy atom. The minimum absolute atomic E-state index is 0. The maximum Gasteiger partial charge on any atom is 1.00 e. The molecular weight excluding hydrogens is 1220 g/mol. The van der Waals surface area contributed by atoms with Crippen LogP contribution in [0.4, 0.5) is 0 Å². The molecule has 85 heavy (non-hydrogen) atoms. The van der Waals surface area contributed by atoms with Crippen LogP contribution in [0.15, 0.2) is 0 Å². The number of hydrogen-bond acceptors (Lipinski definition) is 39. The number of aliphatic hydroxyl groups excluding tert-OH is 28. The van der Waals surface area contributed by atoms with Crippen molar-refractivity contribution in [2.75, 3.05) is 11.5 Å². The minimum Gasteiger partial charge on any atom is -0.388 e. The first kappa shape index (κ1) is 86.6. The van der Waals surface area contributed by atoms with E-state index in [-0.39, 0.29) is 29.6 Å². The number of rotatable bonds is 3. The van der Waals surface area contributed by atoms with Crippen molar-refractivity contribution in [3.63, 3.8) is 0 Å². The van der Waals surface area contributed by atoms with Gasteiger partial charge in [-0.15, -0.1) is 18.4 Å². The zero-order chi connectivity index (χ0) is 65.9. The van der Waals surface area contributed by atoms with Crippen LogP contribution in [-0.4, -0.2) is 382 Å². The molecule has 504 valence electrons. The molecule has 7 fully saturated rings. The van der Waals surface area contributed by atoms with E-state index in [1.54, 1.807) is 0 Å². The van der Waals surface area contributed by atoms with Gasteiger partial charge in [-0.25, -0.2) is 0 Å². The third-order valence-electron chi connectivity index (χ3n) is 13.1. The van der Waals surface area contributed by atoms with E-state index in [9.17, 15) is 10.2 Å². The van der Waals surface area contributed by atoms with Crippen LogP contribution in [0, 0.1) is 6.92 Å². The van der Waals surface area contributed by atoms with Crippen LogP contribution >= 0.6 is 11.8 Å². The Kier molecular flexibility index (Phi) is 42.0. The van der Waals surface area contributed by atoms with Gasteiger partial charge in [-0.2, -0.15) is 11.8 Å². The SMILES string of the molecule is CC1OC(O)C(O)C(O)C1O.CC1OC(O)C(O)C(O)C1O.CC1OC(O)C(O)C(O)C1O.CC1OC(O)C(O)C(O)C1O.CC1OC(O)C(O)C(O)C1O.CC1OC(O)C(O)C(O)C1O.O=S(=O)=O.[CH2-]CSCC1OC(O)C(O)C(O)C1O.[Na+]. The molecule has 0 aromatic heterocycles. The van der Waals surface area contributed by atoms with Gasteiger partial charge in [0.25, 0.3) is 0 Å². The summed E-state index contributed by atoms with van der Waals surface area (Å²) in [6, 6.07) is 0. The first-order valence-corrected chi connectivity index (χ1v) is 27.5. The quantitative estimate of drug-likeness (QED) is 0.0921. The summed E-state index contributed by atoms with van der Waals surface area (Å²) in [5, 5.41) is 253. The summed E-state index contributed by atoms with van der Waals surface area (Å²) >= 11 is 1.42. The number of ether oxygens (including phenoxy) is 7. The average molecular weight is 1310 g/mol.